The predicted octanol–water partition coefficient (Wildman–Crippen LogP) is 5.34. The van der Waals surface area contributed by atoms with Gasteiger partial charge in [0.05, 0.1) is 24.1 Å². The van der Waals surface area contributed by atoms with Crippen LogP contribution in [0.1, 0.15) is 25.9 Å². The van der Waals surface area contributed by atoms with Crippen molar-refractivity contribution in [3.63, 3.8) is 0 Å². The second-order valence-electron chi connectivity index (χ2n) is 6.19. The molecule has 6 nitrogen and oxygen atoms in total. The molecule has 29 heavy (non-hydrogen) atoms. The first-order chi connectivity index (χ1) is 14.0. The number of aromatic nitrogens is 1. The van der Waals surface area contributed by atoms with Crippen LogP contribution in [0.15, 0.2) is 52.3 Å². The van der Waals surface area contributed by atoms with E-state index >= 15 is 0 Å². The van der Waals surface area contributed by atoms with Gasteiger partial charge in [0.2, 0.25) is 5.78 Å². The molecule has 0 saturated heterocycles. The highest BCUT2D eigenvalue weighted by molar-refractivity contribution is 7.11. The molecule has 0 spiro atoms. The second-order valence-corrected chi connectivity index (χ2v) is 7.56. The van der Waals surface area contributed by atoms with E-state index < -0.39 is 11.8 Å². The molecule has 146 valence electrons. The van der Waals surface area contributed by atoms with E-state index in [1.807, 2.05) is 0 Å². The zero-order valence-electron chi connectivity index (χ0n) is 15.1. The molecule has 0 fully saturated rings. The number of hydrogen-bond donors (Lipinski definition) is 1. The number of nitrogens with zero attached hydrogens (tertiary/aromatic N) is 1. The van der Waals surface area contributed by atoms with Gasteiger partial charge in [-0.25, -0.2) is 9.78 Å². The number of methoxy groups -OCH3 is 1. The lowest BCUT2D eigenvalue weighted by Crippen LogP contribution is -2.07. The molecule has 0 unspecified atom stereocenters. The molecule has 2 aromatic heterocycles. The minimum Gasteiger partial charge on any atom is -0.497 e. The Kier molecular flexibility index (Phi) is 5.08. The Morgan fingerprint density at radius 1 is 1.21 bits per heavy atom. The van der Waals surface area contributed by atoms with Crippen molar-refractivity contribution in [3.05, 3.63) is 69.2 Å². The summed E-state index contributed by atoms with van der Waals surface area (Å²) in [4.78, 5) is 29.2. The number of halogens is 1. The summed E-state index contributed by atoms with van der Waals surface area (Å²) in [5.74, 6) is -0.997. The number of hydrogen-bond acceptors (Lipinski definition) is 6. The van der Waals surface area contributed by atoms with Crippen molar-refractivity contribution in [1.82, 2.24) is 4.98 Å². The molecule has 0 amide bonds. The molecule has 4 rings (SSSR count). The van der Waals surface area contributed by atoms with E-state index in [-0.39, 0.29) is 17.9 Å². The van der Waals surface area contributed by atoms with E-state index in [1.165, 1.54) is 18.4 Å². The molecule has 4 aromatic rings. The van der Waals surface area contributed by atoms with Crippen molar-refractivity contribution in [2.75, 3.05) is 7.11 Å². The van der Waals surface area contributed by atoms with Crippen LogP contribution in [0.5, 0.6) is 5.75 Å². The molecule has 0 saturated carbocycles. The van der Waals surface area contributed by atoms with Crippen molar-refractivity contribution in [2.24, 2.45) is 0 Å². The number of carboxylic acids is 1. The van der Waals surface area contributed by atoms with Crippen LogP contribution < -0.4 is 4.74 Å². The molecular weight excluding hydrogens is 414 g/mol. The van der Waals surface area contributed by atoms with E-state index in [9.17, 15) is 14.7 Å². The van der Waals surface area contributed by atoms with Crippen LogP contribution in [-0.2, 0) is 6.42 Å². The first kappa shape index (κ1) is 19.2. The van der Waals surface area contributed by atoms with Crippen LogP contribution in [0.4, 0.5) is 0 Å². The van der Waals surface area contributed by atoms with Crippen molar-refractivity contribution in [2.45, 2.75) is 6.42 Å². The minimum atomic E-state index is -1.13. The molecule has 0 bridgehead atoms. The Morgan fingerprint density at radius 3 is 2.69 bits per heavy atom. The van der Waals surface area contributed by atoms with Crippen LogP contribution in [0.25, 0.3) is 22.2 Å². The fraction of sp³-hybridized carbons (Fsp3) is 0.0952. The molecular formula is C21H14ClNO5S. The Bertz CT molecular complexity index is 1210. The summed E-state index contributed by atoms with van der Waals surface area (Å²) < 4.78 is 10.6. The Balaban J connectivity index is 1.70. The Hall–Kier alpha value is -3.16. The summed E-state index contributed by atoms with van der Waals surface area (Å²) in [5, 5.41) is 11.8. The highest BCUT2D eigenvalue weighted by atomic mass is 35.5. The number of benzene rings is 2. The summed E-state index contributed by atoms with van der Waals surface area (Å²) in [6.45, 7) is 0. The average molecular weight is 428 g/mol. The van der Waals surface area contributed by atoms with Gasteiger partial charge in [-0.3, -0.25) is 4.79 Å². The number of rotatable bonds is 6. The Labute approximate surface area is 174 Å². The van der Waals surface area contributed by atoms with Gasteiger partial charge in [0, 0.05) is 16.0 Å². The molecule has 8 heteroatoms. The van der Waals surface area contributed by atoms with Crippen molar-refractivity contribution >= 4 is 45.8 Å². The quantitative estimate of drug-likeness (QED) is 0.417. The minimum absolute atomic E-state index is 0.0417. The van der Waals surface area contributed by atoms with Crippen LogP contribution in [-0.4, -0.2) is 29.0 Å². The zero-order valence-corrected chi connectivity index (χ0v) is 16.7. The highest BCUT2D eigenvalue weighted by Crippen LogP contribution is 2.38. The number of oxazole rings is 1. The van der Waals surface area contributed by atoms with Gasteiger partial charge in [-0.2, -0.15) is 0 Å². The monoisotopic (exact) mass is 427 g/mol. The lowest BCUT2D eigenvalue weighted by atomic mass is 10.0. The Morgan fingerprint density at radius 2 is 2.00 bits per heavy atom. The molecule has 0 aliphatic carbocycles. The molecule has 1 N–H and O–H groups in total. The van der Waals surface area contributed by atoms with Gasteiger partial charge in [0.15, 0.2) is 5.58 Å². The van der Waals surface area contributed by atoms with Gasteiger partial charge in [-0.05, 0) is 35.7 Å². The summed E-state index contributed by atoms with van der Waals surface area (Å²) in [6.07, 6.45) is -0.132. The molecule has 2 heterocycles. The summed E-state index contributed by atoms with van der Waals surface area (Å²) >= 11 is 7.50. The van der Waals surface area contributed by atoms with Gasteiger partial charge >= 0.3 is 5.97 Å². The fourth-order valence-electron chi connectivity index (χ4n) is 3.01. The van der Waals surface area contributed by atoms with E-state index in [1.54, 1.807) is 47.8 Å². The predicted molar refractivity (Wildman–Crippen MR) is 110 cm³/mol. The van der Waals surface area contributed by atoms with E-state index in [0.29, 0.717) is 37.9 Å². The number of Topliss-reactive ketones (excluding diaryl/α,β-unsaturated/α-hetero) is 1. The lowest BCUT2D eigenvalue weighted by Gasteiger charge is -2.07. The average Bonchev–Trinajstić information content (AvgIpc) is 3.32. The number of ketones is 1. The third kappa shape index (κ3) is 3.62. The van der Waals surface area contributed by atoms with E-state index in [4.69, 9.17) is 20.8 Å². The van der Waals surface area contributed by atoms with E-state index in [2.05, 4.69) is 4.98 Å². The summed E-state index contributed by atoms with van der Waals surface area (Å²) in [5.41, 5.74) is 2.14. The molecule has 0 aliphatic heterocycles. The summed E-state index contributed by atoms with van der Waals surface area (Å²) in [7, 11) is 1.52. The number of aromatic carboxylic acids is 1. The number of carboxylic acid groups (broad SMARTS) is 1. The third-order valence-electron chi connectivity index (χ3n) is 4.40. The van der Waals surface area contributed by atoms with E-state index in [0.717, 1.165) is 0 Å². The van der Waals surface area contributed by atoms with Gasteiger partial charge in [0.25, 0.3) is 5.89 Å². The normalized spacial score (nSPS) is 11.0. The standard InChI is InChI=1S/C21H14ClNO5S/c1-27-11-6-7-12(14(22)8-11)13-10-29-18(19(13)21(25)26)9-16(24)20-23-15-4-2-3-5-17(15)28-20/h2-8,10H,9H2,1H3,(H,25,26). The molecule has 0 atom stereocenters. The number of carbonyl (C=O) groups excluding carboxylic acids is 1. The molecule has 0 aliphatic rings. The SMILES string of the molecule is COc1ccc(-c2csc(CC(=O)c3nc4ccccc4o3)c2C(=O)O)c(Cl)c1. The highest BCUT2D eigenvalue weighted by Gasteiger charge is 2.24. The maximum Gasteiger partial charge on any atom is 0.337 e. The summed E-state index contributed by atoms with van der Waals surface area (Å²) in [6, 6.07) is 12.1. The van der Waals surface area contributed by atoms with Crippen LogP contribution >= 0.6 is 22.9 Å². The zero-order chi connectivity index (χ0) is 20.5. The first-order valence-corrected chi connectivity index (χ1v) is 9.80. The number of ether oxygens (including phenoxy) is 1. The van der Waals surface area contributed by atoms with Crippen molar-refractivity contribution in [3.8, 4) is 16.9 Å². The number of para-hydroxylation sites is 2. The fourth-order valence-corrected chi connectivity index (χ4v) is 4.32. The smallest absolute Gasteiger partial charge is 0.337 e. The van der Waals surface area contributed by atoms with Gasteiger partial charge in [-0.15, -0.1) is 11.3 Å². The van der Waals surface area contributed by atoms with Gasteiger partial charge in [0.1, 0.15) is 11.3 Å². The first-order valence-electron chi connectivity index (χ1n) is 8.54. The largest absolute Gasteiger partial charge is 0.497 e. The molecule has 0 radical (unpaired) electrons. The topological polar surface area (TPSA) is 89.6 Å². The van der Waals surface area contributed by atoms with Gasteiger partial charge < -0.3 is 14.3 Å². The van der Waals surface area contributed by atoms with Crippen LogP contribution in [0.3, 0.4) is 0 Å². The van der Waals surface area contributed by atoms with Gasteiger partial charge in [-0.1, -0.05) is 23.7 Å². The molecule has 2 aromatic carbocycles. The van der Waals surface area contributed by atoms with Crippen LogP contribution in [0.2, 0.25) is 5.02 Å². The number of carbonyl (C=O) groups is 2. The van der Waals surface area contributed by atoms with Crippen molar-refractivity contribution in [1.29, 1.82) is 0 Å². The maximum atomic E-state index is 12.7. The number of thiophene rings is 1. The van der Waals surface area contributed by atoms with Crippen molar-refractivity contribution < 1.29 is 23.8 Å². The lowest BCUT2D eigenvalue weighted by molar-refractivity contribution is 0.0697. The van der Waals surface area contributed by atoms with Crippen LogP contribution in [0, 0.1) is 0 Å². The third-order valence-corrected chi connectivity index (χ3v) is 5.70. The second kappa shape index (κ2) is 7.69. The maximum absolute atomic E-state index is 12.7. The number of fused-ring (bicyclic) bond motifs is 1.